The molecule has 3 amide bonds. The first-order chi connectivity index (χ1) is 32.0. The molecule has 1 fully saturated rings. The topological polar surface area (TPSA) is 208 Å². The quantitative estimate of drug-likeness (QED) is 0.0622. The Hall–Kier alpha value is -6.34. The maximum absolute atomic E-state index is 14.0. The van der Waals surface area contributed by atoms with Gasteiger partial charge in [-0.1, -0.05) is 45.0 Å². The maximum atomic E-state index is 14.0. The number of rotatable bonds is 19. The number of anilines is 2. The van der Waals surface area contributed by atoms with Crippen LogP contribution in [0.2, 0.25) is 0 Å². The number of likely N-dealkylation sites (tertiary alicyclic amines) is 1. The number of amides is 3. The van der Waals surface area contributed by atoms with Gasteiger partial charge in [-0.15, -0.1) is 11.3 Å². The van der Waals surface area contributed by atoms with E-state index in [1.165, 1.54) is 4.90 Å². The van der Waals surface area contributed by atoms with Crippen LogP contribution in [0.5, 0.6) is 5.75 Å². The summed E-state index contributed by atoms with van der Waals surface area (Å²) in [5.74, 6) is 2.10. The van der Waals surface area contributed by atoms with E-state index in [1.807, 2.05) is 102 Å². The van der Waals surface area contributed by atoms with Gasteiger partial charge >= 0.3 is 0 Å². The average molecular weight is 933 g/mol. The minimum atomic E-state index is -0.975. The second kappa shape index (κ2) is 21.5. The smallest absolute Gasteiger partial charge is 0.246 e. The number of nitrogens with zero attached hydrogens (tertiary/aromatic N) is 7. The summed E-state index contributed by atoms with van der Waals surface area (Å²) < 4.78 is 19.3. The summed E-state index contributed by atoms with van der Waals surface area (Å²) >= 11 is 1.57. The molecule has 4 N–H and O–H groups in total. The van der Waals surface area contributed by atoms with Gasteiger partial charge in [-0.05, 0) is 81.5 Å². The van der Waals surface area contributed by atoms with Gasteiger partial charge in [0.25, 0.3) is 0 Å². The van der Waals surface area contributed by atoms with Gasteiger partial charge in [-0.3, -0.25) is 14.4 Å². The molecule has 1 aliphatic rings. The Morgan fingerprint density at radius 1 is 0.866 bits per heavy atom. The number of benzene rings is 2. The normalized spacial score (nSPS) is 16.0. The van der Waals surface area contributed by atoms with Crippen LogP contribution in [0.15, 0.2) is 78.6 Å². The van der Waals surface area contributed by atoms with Gasteiger partial charge in [-0.25, -0.2) is 24.9 Å². The summed E-state index contributed by atoms with van der Waals surface area (Å²) in [6.07, 6.45) is 2.67. The fraction of sp³-hybridized carbons (Fsp3) is 0.429. The van der Waals surface area contributed by atoms with E-state index in [0.29, 0.717) is 36.4 Å². The highest BCUT2D eigenvalue weighted by Gasteiger charge is 2.44. The molecule has 17 nitrogen and oxygen atoms in total. The molecule has 1 saturated heterocycles. The van der Waals surface area contributed by atoms with Gasteiger partial charge < -0.3 is 44.7 Å². The second-order valence-corrected chi connectivity index (χ2v) is 18.8. The second-order valence-electron chi connectivity index (χ2n) is 18.0. The van der Waals surface area contributed by atoms with Crippen molar-refractivity contribution >= 4 is 51.7 Å². The molecule has 0 saturated carbocycles. The van der Waals surface area contributed by atoms with E-state index in [1.54, 1.807) is 29.8 Å². The standard InChI is InChI=1S/C49H60N10O7S/c1-29(2)59-32(5)54-38-25-51-42(24-39(38)59)55-41-17-18-50-46(56-41)35-13-15-37(16-14-35)66-22-21-64-19-20-65-27-43(61)57-45(49(6,7)8)48(63)58-26-36(60)23-40(58)47(62)53-30(3)33-9-11-34(12-10-33)44-31(4)52-28-67-44/h9-18,24-25,28-30,36,40,45,60H,19-23,26-27H2,1-8H3,(H,53,62)(H,57,61)(H,50,51,55,56)/t30-,36?,40?,45+/m0/s1. The van der Waals surface area contributed by atoms with Crippen LogP contribution in [0.3, 0.4) is 0 Å². The first-order valence-electron chi connectivity index (χ1n) is 22.5. The molecule has 4 aromatic heterocycles. The van der Waals surface area contributed by atoms with Gasteiger partial charge in [0.05, 0.1) is 59.8 Å². The molecule has 0 aliphatic carbocycles. The van der Waals surface area contributed by atoms with Crippen LogP contribution in [0.1, 0.15) is 77.1 Å². The molecule has 4 atom stereocenters. The van der Waals surface area contributed by atoms with Crippen LogP contribution in [-0.4, -0.2) is 115 Å². The fourth-order valence-electron chi connectivity index (χ4n) is 8.06. The number of aliphatic hydroxyl groups is 1. The van der Waals surface area contributed by atoms with Crippen molar-refractivity contribution in [3.63, 3.8) is 0 Å². The van der Waals surface area contributed by atoms with Gasteiger partial charge in [0.2, 0.25) is 17.7 Å². The lowest BCUT2D eigenvalue weighted by atomic mass is 9.85. The number of fused-ring (bicyclic) bond motifs is 1. The summed E-state index contributed by atoms with van der Waals surface area (Å²) in [5.41, 5.74) is 6.68. The Kier molecular flexibility index (Phi) is 15.6. The Morgan fingerprint density at radius 2 is 1.58 bits per heavy atom. The van der Waals surface area contributed by atoms with Crippen LogP contribution in [0.25, 0.3) is 32.9 Å². The molecule has 2 unspecified atom stereocenters. The van der Waals surface area contributed by atoms with Crippen LogP contribution >= 0.6 is 11.3 Å². The molecular formula is C49H60N10O7S. The minimum Gasteiger partial charge on any atom is -0.491 e. The highest BCUT2D eigenvalue weighted by molar-refractivity contribution is 7.13. The molecule has 1 aliphatic heterocycles. The number of thiazole rings is 1. The predicted molar refractivity (Wildman–Crippen MR) is 257 cm³/mol. The molecule has 0 bridgehead atoms. The highest BCUT2D eigenvalue weighted by atomic mass is 32.1. The number of pyridine rings is 1. The van der Waals surface area contributed by atoms with Crippen molar-refractivity contribution in [3.05, 3.63) is 95.6 Å². The lowest BCUT2D eigenvalue weighted by molar-refractivity contribution is -0.144. The number of carbonyl (C=O) groups is 3. The van der Waals surface area contributed by atoms with Crippen molar-refractivity contribution in [2.45, 2.75) is 92.1 Å². The molecule has 5 heterocycles. The van der Waals surface area contributed by atoms with Crippen LogP contribution in [-0.2, 0) is 23.9 Å². The fourth-order valence-corrected chi connectivity index (χ4v) is 8.87. The van der Waals surface area contributed by atoms with Crippen LogP contribution in [0, 0.1) is 19.3 Å². The van der Waals surface area contributed by atoms with Gasteiger partial charge in [-0.2, -0.15) is 0 Å². The number of hydrogen-bond acceptors (Lipinski definition) is 14. The van der Waals surface area contributed by atoms with E-state index in [-0.39, 0.29) is 50.8 Å². The van der Waals surface area contributed by atoms with E-state index in [0.717, 1.165) is 44.1 Å². The SMILES string of the molecule is Cc1ncsc1-c1ccc([C@H](C)NC(=O)C2CC(O)CN2C(=O)[C@@H](NC(=O)COCCOCCOc2ccc(-c3nccc(Nc4cc5c(cn4)nc(C)n5C(C)C)n3)cc2)C(C)(C)C)cc1. The number of aromatic nitrogens is 6. The number of aryl methyl sites for hydroxylation is 2. The largest absolute Gasteiger partial charge is 0.491 e. The van der Waals surface area contributed by atoms with E-state index in [2.05, 4.69) is 54.3 Å². The van der Waals surface area contributed by atoms with Crippen LogP contribution in [0.4, 0.5) is 11.6 Å². The number of nitrogens with one attached hydrogen (secondary N) is 3. The molecule has 7 rings (SSSR count). The molecule has 6 aromatic rings. The lowest BCUT2D eigenvalue weighted by Crippen LogP contribution is -2.58. The lowest BCUT2D eigenvalue weighted by Gasteiger charge is -2.35. The Labute approximate surface area is 394 Å². The first kappa shape index (κ1) is 48.6. The molecule has 18 heteroatoms. The van der Waals surface area contributed by atoms with E-state index >= 15 is 0 Å². The zero-order valence-electron chi connectivity index (χ0n) is 39.3. The van der Waals surface area contributed by atoms with E-state index in [9.17, 15) is 19.5 Å². The average Bonchev–Trinajstić information content (AvgIpc) is 4.01. The number of β-amino-alcohol motifs (C(OH)–C–C–N with tert-alkyl or cyclic N) is 1. The number of ether oxygens (including phenoxy) is 3. The molecular weight excluding hydrogens is 873 g/mol. The van der Waals surface area contributed by atoms with Crippen molar-refractivity contribution in [1.29, 1.82) is 0 Å². The Balaban J connectivity index is 0.816. The van der Waals surface area contributed by atoms with Crippen molar-refractivity contribution in [2.24, 2.45) is 5.41 Å². The maximum Gasteiger partial charge on any atom is 0.246 e. The summed E-state index contributed by atoms with van der Waals surface area (Å²) in [6.45, 7) is 16.2. The van der Waals surface area contributed by atoms with E-state index in [4.69, 9.17) is 19.2 Å². The van der Waals surface area contributed by atoms with Gasteiger partial charge in [0.1, 0.15) is 54.0 Å². The monoisotopic (exact) mass is 932 g/mol. The van der Waals surface area contributed by atoms with Crippen LogP contribution < -0.4 is 20.7 Å². The number of hydrogen-bond donors (Lipinski definition) is 4. The Morgan fingerprint density at radius 3 is 2.28 bits per heavy atom. The van der Waals surface area contributed by atoms with Gasteiger partial charge in [0, 0.05) is 36.8 Å². The first-order valence-corrected chi connectivity index (χ1v) is 23.4. The van der Waals surface area contributed by atoms with Crippen molar-refractivity contribution in [2.75, 3.05) is 44.9 Å². The molecule has 0 spiro atoms. The summed E-state index contributed by atoms with van der Waals surface area (Å²) in [6, 6.07) is 17.2. The summed E-state index contributed by atoms with van der Waals surface area (Å²) in [7, 11) is 0. The molecule has 0 radical (unpaired) electrons. The van der Waals surface area contributed by atoms with E-state index < -0.39 is 35.4 Å². The minimum absolute atomic E-state index is 0.0229. The Bertz CT molecular complexity index is 2650. The third-order valence-corrected chi connectivity index (χ3v) is 12.4. The number of aliphatic hydroxyl groups excluding tert-OH is 1. The zero-order chi connectivity index (χ0) is 47.8. The van der Waals surface area contributed by atoms with Gasteiger partial charge in [0.15, 0.2) is 5.82 Å². The number of imidazole rings is 1. The van der Waals surface area contributed by atoms with Crippen molar-refractivity contribution in [3.8, 4) is 27.6 Å². The summed E-state index contributed by atoms with van der Waals surface area (Å²) in [5, 5.41) is 19.7. The van der Waals surface area contributed by atoms with Crippen molar-refractivity contribution < 1.29 is 33.7 Å². The molecule has 2 aromatic carbocycles. The van der Waals surface area contributed by atoms with Crippen molar-refractivity contribution in [1.82, 2.24) is 45.0 Å². The number of carbonyl (C=O) groups excluding carboxylic acids is 3. The highest BCUT2D eigenvalue weighted by Crippen LogP contribution is 2.30. The third kappa shape index (κ3) is 12.2. The zero-order valence-corrected chi connectivity index (χ0v) is 40.1. The third-order valence-electron chi connectivity index (χ3n) is 11.5. The predicted octanol–water partition coefficient (Wildman–Crippen LogP) is 6.74. The summed E-state index contributed by atoms with van der Waals surface area (Å²) in [4.78, 5) is 65.8. The molecule has 354 valence electrons. The molecule has 67 heavy (non-hydrogen) atoms.